The molecule has 0 saturated heterocycles. The van der Waals surface area contributed by atoms with Crippen molar-refractivity contribution in [3.63, 3.8) is 0 Å². The van der Waals surface area contributed by atoms with E-state index in [9.17, 15) is 18.0 Å². The molecule has 1 fully saturated rings. The van der Waals surface area contributed by atoms with Crippen molar-refractivity contribution >= 4 is 5.91 Å². The Labute approximate surface area is 143 Å². The molecule has 0 spiro atoms. The predicted molar refractivity (Wildman–Crippen MR) is 84.7 cm³/mol. The van der Waals surface area contributed by atoms with E-state index in [0.29, 0.717) is 24.2 Å². The summed E-state index contributed by atoms with van der Waals surface area (Å²) in [4.78, 5) is 20.6. The van der Waals surface area contributed by atoms with Crippen LogP contribution in [-0.4, -0.2) is 26.6 Å². The molecule has 2 heterocycles. The zero-order chi connectivity index (χ0) is 17.9. The normalized spacial score (nSPS) is 21.1. The molecule has 0 unspecified atom stereocenters. The minimum atomic E-state index is -4.33. The van der Waals surface area contributed by atoms with Crippen molar-refractivity contribution in [1.29, 1.82) is 0 Å². The lowest BCUT2D eigenvalue weighted by atomic mass is 9.78. The summed E-state index contributed by atoms with van der Waals surface area (Å²) >= 11 is 0. The summed E-state index contributed by atoms with van der Waals surface area (Å²) in [5.41, 5.74) is 0.716. The first kappa shape index (κ1) is 17.4. The molecule has 8 heteroatoms. The number of pyridine rings is 1. The summed E-state index contributed by atoms with van der Waals surface area (Å²) < 4.78 is 41.2. The lowest BCUT2D eigenvalue weighted by Crippen LogP contribution is -2.42. The van der Waals surface area contributed by atoms with Crippen LogP contribution in [0.2, 0.25) is 0 Å². The van der Waals surface area contributed by atoms with Crippen molar-refractivity contribution in [1.82, 2.24) is 19.9 Å². The van der Waals surface area contributed by atoms with Gasteiger partial charge in [-0.2, -0.15) is 13.2 Å². The van der Waals surface area contributed by atoms with Gasteiger partial charge in [0.1, 0.15) is 12.1 Å². The standard InChI is InChI=1S/C17H19F3N4O/c18-17(19,20)14-6-2-1-5-13(14)16(25)23-10-12-4-3-7-22-15(12)24-9-8-21-11-24/h3-4,7-9,11,13-14H,1-2,5-6,10H2,(H,23,25)/t13-,14+/m0/s1. The molecule has 1 aliphatic rings. The summed E-state index contributed by atoms with van der Waals surface area (Å²) in [5, 5.41) is 2.66. The van der Waals surface area contributed by atoms with Gasteiger partial charge < -0.3 is 5.32 Å². The number of amides is 1. The van der Waals surface area contributed by atoms with Crippen LogP contribution >= 0.6 is 0 Å². The molecule has 0 radical (unpaired) electrons. The molecule has 5 nitrogen and oxygen atoms in total. The molecule has 2 aromatic rings. The second-order valence-electron chi connectivity index (χ2n) is 6.21. The molecule has 1 saturated carbocycles. The van der Waals surface area contributed by atoms with Crippen LogP contribution in [0.4, 0.5) is 13.2 Å². The number of hydrogen-bond acceptors (Lipinski definition) is 3. The maximum atomic E-state index is 13.2. The fraction of sp³-hybridized carbons (Fsp3) is 0.471. The van der Waals surface area contributed by atoms with Gasteiger partial charge in [0, 0.05) is 36.6 Å². The Hall–Kier alpha value is -2.38. The van der Waals surface area contributed by atoms with Crippen LogP contribution in [0, 0.1) is 11.8 Å². The van der Waals surface area contributed by atoms with Crippen LogP contribution in [-0.2, 0) is 11.3 Å². The number of alkyl halides is 3. The molecule has 1 aliphatic carbocycles. The molecule has 0 aromatic carbocycles. The fourth-order valence-electron chi connectivity index (χ4n) is 3.34. The highest BCUT2D eigenvalue weighted by molar-refractivity contribution is 5.79. The largest absolute Gasteiger partial charge is 0.392 e. The number of nitrogens with zero attached hydrogens (tertiary/aromatic N) is 3. The van der Waals surface area contributed by atoms with Crippen LogP contribution in [0.5, 0.6) is 0 Å². The lowest BCUT2D eigenvalue weighted by Gasteiger charge is -2.32. The Morgan fingerprint density at radius 1 is 1.28 bits per heavy atom. The highest BCUT2D eigenvalue weighted by Gasteiger charge is 2.47. The van der Waals surface area contributed by atoms with E-state index in [0.717, 1.165) is 0 Å². The average Bonchev–Trinajstić information content (AvgIpc) is 3.13. The Balaban J connectivity index is 1.70. The van der Waals surface area contributed by atoms with Gasteiger partial charge in [0.05, 0.1) is 5.92 Å². The van der Waals surface area contributed by atoms with Crippen molar-refractivity contribution in [2.45, 2.75) is 38.4 Å². The number of aromatic nitrogens is 3. The third-order valence-electron chi connectivity index (χ3n) is 4.59. The molecular weight excluding hydrogens is 333 g/mol. The third kappa shape index (κ3) is 4.00. The van der Waals surface area contributed by atoms with Crippen molar-refractivity contribution in [3.05, 3.63) is 42.6 Å². The fourth-order valence-corrected chi connectivity index (χ4v) is 3.34. The zero-order valence-corrected chi connectivity index (χ0v) is 13.5. The molecule has 134 valence electrons. The number of hydrogen-bond donors (Lipinski definition) is 1. The summed E-state index contributed by atoms with van der Waals surface area (Å²) in [6.07, 6.45) is 3.64. The molecule has 3 rings (SSSR count). The van der Waals surface area contributed by atoms with Crippen LogP contribution in [0.1, 0.15) is 31.2 Å². The first-order chi connectivity index (χ1) is 12.0. The van der Waals surface area contributed by atoms with E-state index < -0.39 is 23.9 Å². The molecular formula is C17H19F3N4O. The molecule has 1 amide bonds. The SMILES string of the molecule is O=C(NCc1cccnc1-n1ccnc1)[C@H]1CCCC[C@H]1C(F)(F)F. The number of carbonyl (C=O) groups is 1. The molecule has 0 bridgehead atoms. The number of rotatable bonds is 4. The average molecular weight is 352 g/mol. The van der Waals surface area contributed by atoms with Gasteiger partial charge >= 0.3 is 6.18 Å². The number of imidazole rings is 1. The van der Waals surface area contributed by atoms with Crippen LogP contribution < -0.4 is 5.32 Å². The summed E-state index contributed by atoms with van der Waals surface area (Å²) in [6, 6.07) is 3.51. The molecule has 25 heavy (non-hydrogen) atoms. The van der Waals surface area contributed by atoms with Gasteiger partial charge in [-0.3, -0.25) is 9.36 Å². The van der Waals surface area contributed by atoms with Gasteiger partial charge in [0.25, 0.3) is 0 Å². The molecule has 2 aromatic heterocycles. The topological polar surface area (TPSA) is 59.8 Å². The first-order valence-corrected chi connectivity index (χ1v) is 8.23. The van der Waals surface area contributed by atoms with Crippen LogP contribution in [0.3, 0.4) is 0 Å². The zero-order valence-electron chi connectivity index (χ0n) is 13.5. The van der Waals surface area contributed by atoms with Gasteiger partial charge in [-0.15, -0.1) is 0 Å². The van der Waals surface area contributed by atoms with E-state index in [1.165, 1.54) is 0 Å². The lowest BCUT2D eigenvalue weighted by molar-refractivity contribution is -0.198. The minimum Gasteiger partial charge on any atom is -0.352 e. The van der Waals surface area contributed by atoms with Crippen molar-refractivity contribution in [2.75, 3.05) is 0 Å². The van der Waals surface area contributed by atoms with Crippen molar-refractivity contribution in [3.8, 4) is 5.82 Å². The predicted octanol–water partition coefficient (Wildman–Crippen LogP) is 3.25. The van der Waals surface area contributed by atoms with Gasteiger partial charge in [0.15, 0.2) is 0 Å². The van der Waals surface area contributed by atoms with Gasteiger partial charge in [-0.25, -0.2) is 9.97 Å². The van der Waals surface area contributed by atoms with Crippen LogP contribution in [0.25, 0.3) is 5.82 Å². The van der Waals surface area contributed by atoms with Crippen molar-refractivity contribution < 1.29 is 18.0 Å². The second kappa shape index (κ2) is 7.25. The highest BCUT2D eigenvalue weighted by atomic mass is 19.4. The summed E-state index contributed by atoms with van der Waals surface area (Å²) in [7, 11) is 0. The van der Waals surface area contributed by atoms with Gasteiger partial charge in [-0.05, 0) is 18.9 Å². The second-order valence-corrected chi connectivity index (χ2v) is 6.21. The highest BCUT2D eigenvalue weighted by Crippen LogP contribution is 2.41. The maximum absolute atomic E-state index is 13.2. The Bertz CT molecular complexity index is 715. The number of carbonyl (C=O) groups excluding carboxylic acids is 1. The van der Waals surface area contributed by atoms with E-state index in [2.05, 4.69) is 15.3 Å². The third-order valence-corrected chi connectivity index (χ3v) is 4.59. The van der Waals surface area contributed by atoms with Gasteiger partial charge in [0.2, 0.25) is 5.91 Å². The summed E-state index contributed by atoms with van der Waals surface area (Å²) in [6.45, 7) is 0.126. The maximum Gasteiger partial charge on any atom is 0.392 e. The Morgan fingerprint density at radius 2 is 2.08 bits per heavy atom. The molecule has 0 aliphatic heterocycles. The minimum absolute atomic E-state index is 0.0226. The quantitative estimate of drug-likeness (QED) is 0.919. The van der Waals surface area contributed by atoms with Crippen molar-refractivity contribution in [2.24, 2.45) is 11.8 Å². The van der Waals surface area contributed by atoms with Gasteiger partial charge in [-0.1, -0.05) is 18.9 Å². The molecule has 2 atom stereocenters. The first-order valence-electron chi connectivity index (χ1n) is 8.23. The Kier molecular flexibility index (Phi) is 5.06. The van der Waals surface area contributed by atoms with E-state index in [1.54, 1.807) is 41.6 Å². The van der Waals surface area contributed by atoms with E-state index in [1.807, 2.05) is 0 Å². The smallest absolute Gasteiger partial charge is 0.352 e. The van der Waals surface area contributed by atoms with Crippen LogP contribution in [0.15, 0.2) is 37.1 Å². The summed E-state index contributed by atoms with van der Waals surface area (Å²) in [5.74, 6) is -2.51. The number of nitrogens with one attached hydrogen (secondary N) is 1. The molecule has 1 N–H and O–H groups in total. The Morgan fingerprint density at radius 3 is 2.80 bits per heavy atom. The van der Waals surface area contributed by atoms with E-state index >= 15 is 0 Å². The van der Waals surface area contributed by atoms with E-state index in [4.69, 9.17) is 0 Å². The number of halogens is 3. The van der Waals surface area contributed by atoms with E-state index in [-0.39, 0.29) is 19.4 Å². The monoisotopic (exact) mass is 352 g/mol.